The molecular formula is C29H33ClFN3O4S. The molecule has 1 N–H and O–H groups in total. The first kappa shape index (κ1) is 30.1. The third-order valence-electron chi connectivity index (χ3n) is 6.33. The number of sulfonamides is 1. The summed E-state index contributed by atoms with van der Waals surface area (Å²) < 4.78 is 42.4. The van der Waals surface area contributed by atoms with Gasteiger partial charge in [0.15, 0.2) is 0 Å². The van der Waals surface area contributed by atoms with Gasteiger partial charge in [0, 0.05) is 18.1 Å². The minimum Gasteiger partial charge on any atom is -0.355 e. The van der Waals surface area contributed by atoms with Crippen LogP contribution in [0.5, 0.6) is 0 Å². The van der Waals surface area contributed by atoms with E-state index in [0.29, 0.717) is 29.1 Å². The Kier molecular flexibility index (Phi) is 10.1. The summed E-state index contributed by atoms with van der Waals surface area (Å²) >= 11 is 6.25. The minimum atomic E-state index is -4.20. The highest BCUT2D eigenvalue weighted by atomic mass is 35.5. The van der Waals surface area contributed by atoms with Crippen LogP contribution in [0.3, 0.4) is 0 Å². The van der Waals surface area contributed by atoms with Crippen LogP contribution in [0.4, 0.5) is 10.1 Å². The zero-order valence-corrected chi connectivity index (χ0v) is 24.0. The summed E-state index contributed by atoms with van der Waals surface area (Å²) in [6.45, 7) is 6.90. The van der Waals surface area contributed by atoms with Crippen molar-refractivity contribution in [2.45, 2.75) is 51.6 Å². The van der Waals surface area contributed by atoms with Crippen LogP contribution in [-0.2, 0) is 26.2 Å². The summed E-state index contributed by atoms with van der Waals surface area (Å²) in [5, 5.41) is 3.06. The third kappa shape index (κ3) is 7.36. The van der Waals surface area contributed by atoms with Gasteiger partial charge in [0.1, 0.15) is 18.4 Å². The largest absolute Gasteiger partial charge is 0.355 e. The molecule has 3 aromatic carbocycles. The molecule has 0 aromatic heterocycles. The zero-order chi connectivity index (χ0) is 28.7. The summed E-state index contributed by atoms with van der Waals surface area (Å²) in [6, 6.07) is 15.9. The van der Waals surface area contributed by atoms with E-state index >= 15 is 0 Å². The van der Waals surface area contributed by atoms with E-state index in [9.17, 15) is 22.4 Å². The Labute approximate surface area is 234 Å². The van der Waals surface area contributed by atoms with Gasteiger partial charge in [-0.15, -0.1) is 0 Å². The summed E-state index contributed by atoms with van der Waals surface area (Å²) in [5.41, 5.74) is 2.33. The second-order valence-electron chi connectivity index (χ2n) is 9.22. The molecule has 0 aliphatic carbocycles. The van der Waals surface area contributed by atoms with E-state index in [1.54, 1.807) is 45.0 Å². The lowest BCUT2D eigenvalue weighted by Gasteiger charge is -2.33. The van der Waals surface area contributed by atoms with Crippen LogP contribution >= 0.6 is 11.6 Å². The van der Waals surface area contributed by atoms with Crippen molar-refractivity contribution in [1.82, 2.24) is 10.2 Å². The first-order valence-corrected chi connectivity index (χ1v) is 14.5. The number of rotatable bonds is 11. The lowest BCUT2D eigenvalue weighted by molar-refractivity contribution is -0.140. The van der Waals surface area contributed by atoms with E-state index in [0.717, 1.165) is 9.87 Å². The Balaban J connectivity index is 2.10. The van der Waals surface area contributed by atoms with Gasteiger partial charge in [0.05, 0.1) is 10.6 Å². The van der Waals surface area contributed by atoms with Gasteiger partial charge in [-0.25, -0.2) is 12.8 Å². The SMILES string of the molecule is CCNC(=O)[C@@H](CC)N(Cc1ccc(F)cc1)C(=O)CN(c1cc(Cl)ccc1C)S(=O)(=O)c1ccc(C)cc1. The first-order valence-electron chi connectivity index (χ1n) is 12.6. The van der Waals surface area contributed by atoms with Crippen LogP contribution in [0.1, 0.15) is 37.0 Å². The number of anilines is 1. The Morgan fingerprint density at radius 2 is 1.62 bits per heavy atom. The molecule has 39 heavy (non-hydrogen) atoms. The number of carbonyl (C=O) groups is 2. The highest BCUT2D eigenvalue weighted by Gasteiger charge is 2.34. The van der Waals surface area contributed by atoms with Crippen molar-refractivity contribution in [3.05, 3.63) is 94.3 Å². The van der Waals surface area contributed by atoms with E-state index in [2.05, 4.69) is 5.32 Å². The predicted molar refractivity (Wildman–Crippen MR) is 152 cm³/mol. The van der Waals surface area contributed by atoms with Crippen LogP contribution in [0, 0.1) is 19.7 Å². The quantitative estimate of drug-likeness (QED) is 0.340. The van der Waals surface area contributed by atoms with Gasteiger partial charge < -0.3 is 10.2 Å². The standard InChI is InChI=1S/C29H33ClFN3O4S/c1-5-26(29(36)32-6-2)33(18-22-10-13-24(31)14-11-22)28(35)19-34(27-17-23(30)12-9-21(27)4)39(37,38)25-15-7-20(3)8-16-25/h7-17,26H,5-6,18-19H2,1-4H3,(H,32,36)/t26-/m1/s1. The van der Waals surface area contributed by atoms with E-state index in [-0.39, 0.29) is 23.0 Å². The number of likely N-dealkylation sites (N-methyl/N-ethyl adjacent to an activating group) is 1. The molecule has 0 heterocycles. The second kappa shape index (κ2) is 13.1. The lowest BCUT2D eigenvalue weighted by Crippen LogP contribution is -2.52. The third-order valence-corrected chi connectivity index (χ3v) is 8.34. The van der Waals surface area contributed by atoms with Gasteiger partial charge in [0.2, 0.25) is 11.8 Å². The molecule has 0 saturated heterocycles. The molecule has 0 unspecified atom stereocenters. The molecule has 3 rings (SSSR count). The molecule has 0 bridgehead atoms. The van der Waals surface area contributed by atoms with Crippen LogP contribution in [0.15, 0.2) is 71.6 Å². The molecule has 10 heteroatoms. The van der Waals surface area contributed by atoms with Crippen LogP contribution in [-0.4, -0.2) is 44.3 Å². The van der Waals surface area contributed by atoms with Gasteiger partial charge in [0.25, 0.3) is 10.0 Å². The molecule has 0 fully saturated rings. The second-order valence-corrected chi connectivity index (χ2v) is 11.5. The Hall–Kier alpha value is -3.43. The Bertz CT molecular complexity index is 1410. The lowest BCUT2D eigenvalue weighted by atomic mass is 10.1. The van der Waals surface area contributed by atoms with Crippen molar-refractivity contribution < 1.29 is 22.4 Å². The molecule has 0 radical (unpaired) electrons. The average molecular weight is 574 g/mol. The number of hydrogen-bond donors (Lipinski definition) is 1. The van der Waals surface area contributed by atoms with Crippen molar-refractivity contribution in [2.75, 3.05) is 17.4 Å². The minimum absolute atomic E-state index is 0.0122. The number of aryl methyl sites for hydroxylation is 2. The maximum absolute atomic E-state index is 14.0. The maximum atomic E-state index is 14.0. The molecule has 0 saturated carbocycles. The smallest absolute Gasteiger partial charge is 0.264 e. The predicted octanol–water partition coefficient (Wildman–Crippen LogP) is 5.23. The number of carbonyl (C=O) groups excluding carboxylic acids is 2. The van der Waals surface area contributed by atoms with Crippen molar-refractivity contribution in [1.29, 1.82) is 0 Å². The van der Waals surface area contributed by atoms with Gasteiger partial charge >= 0.3 is 0 Å². The van der Waals surface area contributed by atoms with Gasteiger partial charge in [-0.1, -0.05) is 54.4 Å². The molecule has 208 valence electrons. The molecule has 0 aliphatic rings. The molecule has 1 atom stereocenters. The van der Waals surface area contributed by atoms with E-state index in [1.807, 2.05) is 6.92 Å². The molecular weight excluding hydrogens is 541 g/mol. The van der Waals surface area contributed by atoms with Crippen molar-refractivity contribution >= 4 is 39.1 Å². The van der Waals surface area contributed by atoms with Crippen LogP contribution in [0.25, 0.3) is 0 Å². The normalized spacial score (nSPS) is 12.1. The number of benzene rings is 3. The Morgan fingerprint density at radius 1 is 0.974 bits per heavy atom. The van der Waals surface area contributed by atoms with Gasteiger partial charge in [-0.3, -0.25) is 13.9 Å². The average Bonchev–Trinajstić information content (AvgIpc) is 2.90. The van der Waals surface area contributed by atoms with E-state index < -0.39 is 34.3 Å². The van der Waals surface area contributed by atoms with Gasteiger partial charge in [-0.05, 0) is 74.7 Å². The fourth-order valence-electron chi connectivity index (χ4n) is 4.20. The highest BCUT2D eigenvalue weighted by molar-refractivity contribution is 7.92. The molecule has 0 aliphatic heterocycles. The van der Waals surface area contributed by atoms with E-state index in [4.69, 9.17) is 11.6 Å². The van der Waals surface area contributed by atoms with Crippen LogP contribution < -0.4 is 9.62 Å². The Morgan fingerprint density at radius 3 is 2.21 bits per heavy atom. The number of hydrogen-bond acceptors (Lipinski definition) is 4. The fraction of sp³-hybridized carbons (Fsp3) is 0.310. The fourth-order valence-corrected chi connectivity index (χ4v) is 5.84. The monoisotopic (exact) mass is 573 g/mol. The highest BCUT2D eigenvalue weighted by Crippen LogP contribution is 2.30. The number of nitrogens with zero attached hydrogens (tertiary/aromatic N) is 2. The summed E-state index contributed by atoms with van der Waals surface area (Å²) in [6.07, 6.45) is 0.291. The van der Waals surface area contributed by atoms with Crippen LogP contribution in [0.2, 0.25) is 5.02 Å². The number of halogens is 2. The number of nitrogens with one attached hydrogen (secondary N) is 1. The summed E-state index contributed by atoms with van der Waals surface area (Å²) in [7, 11) is -4.20. The first-order chi connectivity index (χ1) is 18.5. The zero-order valence-electron chi connectivity index (χ0n) is 22.4. The van der Waals surface area contributed by atoms with Crippen molar-refractivity contribution in [3.8, 4) is 0 Å². The summed E-state index contributed by atoms with van der Waals surface area (Å²) in [5.74, 6) is -1.38. The molecule has 0 spiro atoms. The molecule has 2 amide bonds. The summed E-state index contributed by atoms with van der Waals surface area (Å²) in [4.78, 5) is 28.3. The van der Waals surface area contributed by atoms with Gasteiger partial charge in [-0.2, -0.15) is 0 Å². The maximum Gasteiger partial charge on any atom is 0.264 e. The van der Waals surface area contributed by atoms with Crippen molar-refractivity contribution in [2.24, 2.45) is 0 Å². The van der Waals surface area contributed by atoms with E-state index in [1.165, 1.54) is 47.4 Å². The van der Waals surface area contributed by atoms with Crippen molar-refractivity contribution in [3.63, 3.8) is 0 Å². The molecule has 7 nitrogen and oxygen atoms in total. The number of amides is 2. The topological polar surface area (TPSA) is 86.8 Å². The molecule has 3 aromatic rings.